The van der Waals surface area contributed by atoms with Crippen molar-refractivity contribution in [2.45, 2.75) is 31.0 Å². The summed E-state index contributed by atoms with van der Waals surface area (Å²) in [6.07, 6.45) is 2.04. The molecule has 1 aromatic carbocycles. The van der Waals surface area contributed by atoms with Gasteiger partial charge in [0.25, 0.3) is 0 Å². The van der Waals surface area contributed by atoms with Crippen LogP contribution in [0, 0.1) is 0 Å². The Morgan fingerprint density at radius 1 is 1.41 bits per heavy atom. The van der Waals surface area contributed by atoms with Crippen LogP contribution in [0.15, 0.2) is 30.3 Å². The molecule has 17 heavy (non-hydrogen) atoms. The fourth-order valence-electron chi connectivity index (χ4n) is 1.98. The first-order valence-electron chi connectivity index (χ1n) is 5.84. The Balaban J connectivity index is 1.85. The van der Waals surface area contributed by atoms with Crippen molar-refractivity contribution in [1.82, 2.24) is 5.32 Å². The molecule has 2 rings (SSSR count). The summed E-state index contributed by atoms with van der Waals surface area (Å²) in [6.45, 7) is 0. The molecular formula is C13H18N2O2. The highest BCUT2D eigenvalue weighted by molar-refractivity contribution is 5.83. The van der Waals surface area contributed by atoms with Crippen LogP contribution in [0.5, 0.6) is 0 Å². The van der Waals surface area contributed by atoms with E-state index in [1.807, 2.05) is 30.3 Å². The molecule has 1 saturated carbocycles. The van der Waals surface area contributed by atoms with Crippen LogP contribution in [0.1, 0.15) is 24.4 Å². The molecule has 0 spiro atoms. The molecule has 4 heteroatoms. The van der Waals surface area contributed by atoms with Crippen molar-refractivity contribution < 1.29 is 9.53 Å². The molecule has 1 aromatic rings. The standard InChI is InChI=1S/C13H18N2O2/c1-17-11-7-10(8-11)15-13(16)12(14)9-5-3-2-4-6-9/h2-6,10-12H,7-8,14H2,1H3,(H,15,16)/t10?,11?,12-/m0/s1. The summed E-state index contributed by atoms with van der Waals surface area (Å²) in [5.41, 5.74) is 6.73. The van der Waals surface area contributed by atoms with Crippen LogP contribution < -0.4 is 11.1 Å². The van der Waals surface area contributed by atoms with Gasteiger partial charge < -0.3 is 15.8 Å². The molecule has 3 N–H and O–H groups in total. The third kappa shape index (κ3) is 2.84. The molecule has 0 saturated heterocycles. The highest BCUT2D eigenvalue weighted by Crippen LogP contribution is 2.23. The quantitative estimate of drug-likeness (QED) is 0.816. The number of nitrogens with one attached hydrogen (secondary N) is 1. The third-order valence-electron chi connectivity index (χ3n) is 3.22. The highest BCUT2D eigenvalue weighted by Gasteiger charge is 2.31. The Morgan fingerprint density at radius 3 is 2.65 bits per heavy atom. The summed E-state index contributed by atoms with van der Waals surface area (Å²) in [4.78, 5) is 11.9. The molecule has 1 aliphatic carbocycles. The van der Waals surface area contributed by atoms with Gasteiger partial charge in [0.05, 0.1) is 6.10 Å². The molecule has 0 bridgehead atoms. The van der Waals surface area contributed by atoms with Crippen molar-refractivity contribution in [1.29, 1.82) is 0 Å². The number of carbonyl (C=O) groups is 1. The van der Waals surface area contributed by atoms with Gasteiger partial charge in [-0.2, -0.15) is 0 Å². The van der Waals surface area contributed by atoms with E-state index in [1.165, 1.54) is 0 Å². The van der Waals surface area contributed by atoms with Crippen molar-refractivity contribution in [2.75, 3.05) is 7.11 Å². The van der Waals surface area contributed by atoms with Gasteiger partial charge in [0.2, 0.25) is 5.91 Å². The van der Waals surface area contributed by atoms with Gasteiger partial charge in [0, 0.05) is 13.2 Å². The van der Waals surface area contributed by atoms with Crippen LogP contribution in [0.4, 0.5) is 0 Å². The first kappa shape index (κ1) is 12.1. The molecule has 0 aliphatic heterocycles. The number of nitrogens with two attached hydrogens (primary N) is 1. The maximum atomic E-state index is 11.9. The fourth-order valence-corrected chi connectivity index (χ4v) is 1.98. The molecule has 0 unspecified atom stereocenters. The maximum Gasteiger partial charge on any atom is 0.241 e. The van der Waals surface area contributed by atoms with E-state index in [0.717, 1.165) is 18.4 Å². The Labute approximate surface area is 101 Å². The van der Waals surface area contributed by atoms with Crippen molar-refractivity contribution in [2.24, 2.45) is 5.73 Å². The molecule has 0 heterocycles. The molecular weight excluding hydrogens is 216 g/mol. The van der Waals surface area contributed by atoms with Gasteiger partial charge in [-0.3, -0.25) is 4.79 Å². The SMILES string of the molecule is COC1CC(NC(=O)[C@@H](N)c2ccccc2)C1. The average molecular weight is 234 g/mol. The van der Waals surface area contributed by atoms with E-state index in [2.05, 4.69) is 5.32 Å². The lowest BCUT2D eigenvalue weighted by atomic mass is 9.89. The molecule has 0 aromatic heterocycles. The first-order valence-corrected chi connectivity index (χ1v) is 5.84. The number of benzene rings is 1. The van der Waals surface area contributed by atoms with E-state index in [0.29, 0.717) is 0 Å². The molecule has 4 nitrogen and oxygen atoms in total. The molecule has 92 valence electrons. The number of amides is 1. The molecule has 1 aliphatic rings. The predicted octanol–water partition coefficient (Wildman–Crippen LogP) is 0.980. The molecule has 0 radical (unpaired) electrons. The lowest BCUT2D eigenvalue weighted by Gasteiger charge is -2.35. The lowest BCUT2D eigenvalue weighted by molar-refractivity contribution is -0.124. The minimum Gasteiger partial charge on any atom is -0.381 e. The summed E-state index contributed by atoms with van der Waals surface area (Å²) in [5.74, 6) is -0.115. The Hall–Kier alpha value is -1.39. The van der Waals surface area contributed by atoms with E-state index in [4.69, 9.17) is 10.5 Å². The van der Waals surface area contributed by atoms with E-state index in [9.17, 15) is 4.79 Å². The van der Waals surface area contributed by atoms with E-state index in [-0.39, 0.29) is 18.1 Å². The lowest BCUT2D eigenvalue weighted by Crippen LogP contribution is -2.49. The topological polar surface area (TPSA) is 64.3 Å². The van der Waals surface area contributed by atoms with Crippen molar-refractivity contribution >= 4 is 5.91 Å². The summed E-state index contributed by atoms with van der Waals surface area (Å²) < 4.78 is 5.16. The van der Waals surface area contributed by atoms with E-state index in [1.54, 1.807) is 7.11 Å². The Bertz CT molecular complexity index is 374. The third-order valence-corrected chi connectivity index (χ3v) is 3.22. The summed E-state index contributed by atoms with van der Waals surface area (Å²) in [5, 5.41) is 2.93. The molecule has 1 amide bonds. The van der Waals surface area contributed by atoms with E-state index >= 15 is 0 Å². The number of carbonyl (C=O) groups excluding carboxylic acids is 1. The average Bonchev–Trinajstić information content (AvgIpc) is 2.33. The van der Waals surface area contributed by atoms with Gasteiger partial charge in [-0.25, -0.2) is 0 Å². The van der Waals surface area contributed by atoms with Gasteiger partial charge in [-0.15, -0.1) is 0 Å². The number of hydrogen-bond acceptors (Lipinski definition) is 3. The van der Waals surface area contributed by atoms with Gasteiger partial charge in [0.1, 0.15) is 6.04 Å². The number of ether oxygens (including phenoxy) is 1. The second-order valence-electron chi connectivity index (χ2n) is 4.42. The molecule has 1 atom stereocenters. The van der Waals surface area contributed by atoms with Crippen molar-refractivity contribution in [3.63, 3.8) is 0 Å². The monoisotopic (exact) mass is 234 g/mol. The van der Waals surface area contributed by atoms with Crippen LogP contribution in [0.3, 0.4) is 0 Å². The second-order valence-corrected chi connectivity index (χ2v) is 4.42. The van der Waals surface area contributed by atoms with Crippen molar-refractivity contribution in [3.05, 3.63) is 35.9 Å². The largest absolute Gasteiger partial charge is 0.381 e. The first-order chi connectivity index (χ1) is 8.20. The summed E-state index contributed by atoms with van der Waals surface area (Å²) in [6, 6.07) is 9.02. The van der Waals surface area contributed by atoms with Crippen LogP contribution in [0.25, 0.3) is 0 Å². The van der Waals surface area contributed by atoms with Gasteiger partial charge >= 0.3 is 0 Å². The summed E-state index contributed by atoms with van der Waals surface area (Å²) >= 11 is 0. The number of hydrogen-bond donors (Lipinski definition) is 2. The van der Waals surface area contributed by atoms with E-state index < -0.39 is 6.04 Å². The zero-order valence-corrected chi connectivity index (χ0v) is 9.93. The fraction of sp³-hybridized carbons (Fsp3) is 0.462. The Morgan fingerprint density at radius 2 is 2.06 bits per heavy atom. The predicted molar refractivity (Wildman–Crippen MR) is 65.3 cm³/mol. The number of methoxy groups -OCH3 is 1. The number of rotatable bonds is 4. The van der Waals surface area contributed by atoms with Crippen LogP contribution in [0.2, 0.25) is 0 Å². The maximum absolute atomic E-state index is 11.9. The highest BCUT2D eigenvalue weighted by atomic mass is 16.5. The van der Waals surface area contributed by atoms with Gasteiger partial charge in [-0.1, -0.05) is 30.3 Å². The second kappa shape index (κ2) is 5.29. The zero-order valence-electron chi connectivity index (χ0n) is 9.93. The van der Waals surface area contributed by atoms with Crippen LogP contribution >= 0.6 is 0 Å². The van der Waals surface area contributed by atoms with Crippen LogP contribution in [-0.4, -0.2) is 25.2 Å². The van der Waals surface area contributed by atoms with Crippen molar-refractivity contribution in [3.8, 4) is 0 Å². The van der Waals surface area contributed by atoms with Gasteiger partial charge in [0.15, 0.2) is 0 Å². The van der Waals surface area contributed by atoms with Gasteiger partial charge in [-0.05, 0) is 18.4 Å². The smallest absolute Gasteiger partial charge is 0.241 e. The Kier molecular flexibility index (Phi) is 3.76. The van der Waals surface area contributed by atoms with Crippen LogP contribution in [-0.2, 0) is 9.53 Å². The minimum atomic E-state index is -0.585. The normalized spacial score (nSPS) is 24.8. The summed E-state index contributed by atoms with van der Waals surface area (Å²) in [7, 11) is 1.69. The minimum absolute atomic E-state index is 0.115. The zero-order chi connectivity index (χ0) is 12.3. The molecule has 1 fully saturated rings.